The summed E-state index contributed by atoms with van der Waals surface area (Å²) in [5.74, 6) is -0.896. The van der Waals surface area contributed by atoms with Gasteiger partial charge in [0, 0.05) is 24.7 Å². The van der Waals surface area contributed by atoms with Crippen LogP contribution in [-0.4, -0.2) is 29.9 Å². The summed E-state index contributed by atoms with van der Waals surface area (Å²) in [5, 5.41) is 0. The lowest BCUT2D eigenvalue weighted by molar-refractivity contribution is -0.141. The zero-order valence-electron chi connectivity index (χ0n) is 16.6. The number of carbonyl (C=O) groups is 3. The Morgan fingerprint density at radius 1 is 1.03 bits per heavy atom. The van der Waals surface area contributed by atoms with Crippen LogP contribution in [0.2, 0.25) is 0 Å². The number of ketones is 1. The number of carbonyl (C=O) groups excluding carboxylic acids is 3. The van der Waals surface area contributed by atoms with Gasteiger partial charge in [0.1, 0.15) is 12.2 Å². The molecule has 1 heterocycles. The van der Waals surface area contributed by atoms with E-state index in [1.807, 2.05) is 42.5 Å². The van der Waals surface area contributed by atoms with E-state index < -0.39 is 12.1 Å². The molecule has 1 unspecified atom stereocenters. The highest BCUT2D eigenvalue weighted by Gasteiger charge is 2.50. The van der Waals surface area contributed by atoms with Gasteiger partial charge in [0.2, 0.25) is 0 Å². The van der Waals surface area contributed by atoms with Gasteiger partial charge in [0.05, 0.1) is 12.0 Å². The van der Waals surface area contributed by atoms with E-state index in [4.69, 9.17) is 9.47 Å². The van der Waals surface area contributed by atoms with Gasteiger partial charge in [-0.3, -0.25) is 9.59 Å². The third kappa shape index (κ3) is 4.67. The van der Waals surface area contributed by atoms with E-state index in [9.17, 15) is 14.4 Å². The Balaban J connectivity index is 1.42. The quantitative estimate of drug-likeness (QED) is 0.517. The minimum atomic E-state index is -0.418. The first kappa shape index (κ1) is 20.1. The number of esters is 2. The highest BCUT2D eigenvalue weighted by Crippen LogP contribution is 2.43. The molecule has 1 saturated carbocycles. The molecule has 1 aliphatic heterocycles. The second-order valence-corrected chi connectivity index (χ2v) is 7.83. The lowest BCUT2D eigenvalue weighted by Gasteiger charge is -2.20. The Bertz CT molecular complexity index is 935. The highest BCUT2D eigenvalue weighted by atomic mass is 16.6. The largest absolute Gasteiger partial charge is 0.462 e. The fourth-order valence-corrected chi connectivity index (χ4v) is 4.28. The smallest absolute Gasteiger partial charge is 0.338 e. The molecule has 1 aliphatic carbocycles. The first-order valence-electron chi connectivity index (χ1n) is 10.3. The van der Waals surface area contributed by atoms with Crippen LogP contribution in [0.4, 0.5) is 0 Å². The third-order valence-corrected chi connectivity index (χ3v) is 5.83. The maximum atomic E-state index is 12.5. The third-order valence-electron chi connectivity index (χ3n) is 5.83. The van der Waals surface area contributed by atoms with Gasteiger partial charge in [-0.25, -0.2) is 4.79 Å². The van der Waals surface area contributed by atoms with Crippen molar-refractivity contribution < 1.29 is 23.9 Å². The Morgan fingerprint density at radius 3 is 2.47 bits per heavy atom. The first-order valence-corrected chi connectivity index (χ1v) is 10.3. The zero-order valence-corrected chi connectivity index (χ0v) is 16.6. The van der Waals surface area contributed by atoms with Gasteiger partial charge in [0.15, 0.2) is 5.78 Å². The van der Waals surface area contributed by atoms with E-state index in [-0.39, 0.29) is 36.1 Å². The normalized spacial score (nSPS) is 25.1. The summed E-state index contributed by atoms with van der Waals surface area (Å²) in [5.41, 5.74) is 1.60. The van der Waals surface area contributed by atoms with Crippen LogP contribution < -0.4 is 0 Å². The summed E-state index contributed by atoms with van der Waals surface area (Å²) < 4.78 is 11.1. The molecule has 1 saturated heterocycles. The van der Waals surface area contributed by atoms with Crippen molar-refractivity contribution >= 4 is 17.7 Å². The van der Waals surface area contributed by atoms with Crippen LogP contribution >= 0.6 is 0 Å². The van der Waals surface area contributed by atoms with Gasteiger partial charge in [-0.05, 0) is 30.2 Å². The molecule has 5 nitrogen and oxygen atoms in total. The Morgan fingerprint density at radius 2 is 1.73 bits per heavy atom. The average Bonchev–Trinajstić information content (AvgIpc) is 3.27. The van der Waals surface area contributed by atoms with Crippen molar-refractivity contribution in [1.82, 2.24) is 0 Å². The van der Waals surface area contributed by atoms with E-state index in [2.05, 4.69) is 0 Å². The predicted octanol–water partition coefficient (Wildman–Crippen LogP) is 3.92. The van der Waals surface area contributed by atoms with Crippen molar-refractivity contribution in [3.63, 3.8) is 0 Å². The second kappa shape index (κ2) is 9.08. The number of aryl methyl sites for hydroxylation is 1. The Labute approximate surface area is 175 Å². The molecule has 0 aromatic heterocycles. The molecular weight excluding hydrogens is 380 g/mol. The number of hydrogen-bond acceptors (Lipinski definition) is 5. The van der Waals surface area contributed by atoms with Crippen LogP contribution in [0, 0.1) is 11.8 Å². The number of rotatable bonds is 7. The van der Waals surface area contributed by atoms with Gasteiger partial charge in [-0.15, -0.1) is 0 Å². The number of allylic oxidation sites excluding steroid dienone is 1. The molecule has 0 N–H and O–H groups in total. The van der Waals surface area contributed by atoms with Crippen molar-refractivity contribution in [3.05, 3.63) is 83.9 Å². The molecule has 4 atom stereocenters. The molecule has 5 heteroatoms. The molecule has 2 aromatic carbocycles. The molecule has 0 bridgehead atoms. The van der Waals surface area contributed by atoms with Crippen LogP contribution in [0.25, 0.3) is 0 Å². The van der Waals surface area contributed by atoms with Crippen LogP contribution in [0.5, 0.6) is 0 Å². The van der Waals surface area contributed by atoms with Gasteiger partial charge < -0.3 is 9.47 Å². The van der Waals surface area contributed by atoms with Crippen molar-refractivity contribution in [2.75, 3.05) is 0 Å². The number of ether oxygens (including phenoxy) is 2. The molecular formula is C25H24O5. The first-order chi connectivity index (χ1) is 14.6. The molecule has 154 valence electrons. The molecule has 2 fully saturated rings. The molecule has 4 rings (SSSR count). The summed E-state index contributed by atoms with van der Waals surface area (Å²) in [6.45, 7) is 0. The summed E-state index contributed by atoms with van der Waals surface area (Å²) in [6.07, 6.45) is 4.53. The van der Waals surface area contributed by atoms with Crippen LogP contribution in [0.15, 0.2) is 72.8 Å². The maximum absolute atomic E-state index is 12.5. The summed E-state index contributed by atoms with van der Waals surface area (Å²) in [4.78, 5) is 36.6. The molecule has 2 aromatic rings. The molecule has 0 radical (unpaired) electrons. The van der Waals surface area contributed by atoms with E-state index in [0.717, 1.165) is 5.56 Å². The van der Waals surface area contributed by atoms with E-state index in [1.54, 1.807) is 30.3 Å². The second-order valence-electron chi connectivity index (χ2n) is 7.83. The molecule has 2 aliphatic rings. The summed E-state index contributed by atoms with van der Waals surface area (Å²) in [7, 11) is 0. The fourth-order valence-electron chi connectivity index (χ4n) is 4.28. The van der Waals surface area contributed by atoms with Crippen LogP contribution in [0.3, 0.4) is 0 Å². The molecule has 30 heavy (non-hydrogen) atoms. The summed E-state index contributed by atoms with van der Waals surface area (Å²) in [6, 6.07) is 18.7. The fraction of sp³-hybridized carbons (Fsp3) is 0.320. The summed E-state index contributed by atoms with van der Waals surface area (Å²) >= 11 is 0. The zero-order chi connectivity index (χ0) is 20.9. The number of fused-ring (bicyclic) bond motifs is 1. The Hall–Kier alpha value is -3.21. The van der Waals surface area contributed by atoms with Crippen molar-refractivity contribution in [3.8, 4) is 0 Å². The van der Waals surface area contributed by atoms with Crippen molar-refractivity contribution in [2.45, 2.75) is 37.9 Å². The SMILES string of the molecule is O=C(/C=C/[C@H]1[C@H](OC(=O)c2ccccc2)CC2OC(=O)C[C@@H]21)CCc1ccccc1. The molecule has 0 amide bonds. The monoisotopic (exact) mass is 404 g/mol. The lowest BCUT2D eigenvalue weighted by Crippen LogP contribution is -2.25. The number of benzene rings is 2. The lowest BCUT2D eigenvalue weighted by atomic mass is 9.91. The highest BCUT2D eigenvalue weighted by molar-refractivity contribution is 5.90. The van der Waals surface area contributed by atoms with Gasteiger partial charge in [-0.2, -0.15) is 0 Å². The van der Waals surface area contributed by atoms with E-state index >= 15 is 0 Å². The van der Waals surface area contributed by atoms with Gasteiger partial charge >= 0.3 is 11.9 Å². The van der Waals surface area contributed by atoms with Crippen LogP contribution in [0.1, 0.15) is 35.2 Å². The minimum Gasteiger partial charge on any atom is -0.462 e. The molecule has 0 spiro atoms. The standard InChI is InChI=1S/C25H24O5/c26-19(12-11-17-7-3-1-4-8-17)13-14-20-21-15-24(27)29-23(21)16-22(20)30-25(28)18-9-5-2-6-10-18/h1-10,13-14,20-23H,11-12,15-16H2/b14-13+/t20-,21-,22-,23?/m1/s1. The van der Waals surface area contributed by atoms with E-state index in [0.29, 0.717) is 24.8 Å². The van der Waals surface area contributed by atoms with Crippen molar-refractivity contribution in [1.29, 1.82) is 0 Å². The minimum absolute atomic E-state index is 0.0145. The van der Waals surface area contributed by atoms with Crippen LogP contribution in [-0.2, 0) is 25.5 Å². The van der Waals surface area contributed by atoms with Crippen molar-refractivity contribution in [2.24, 2.45) is 11.8 Å². The Kier molecular flexibility index (Phi) is 6.07. The average molecular weight is 404 g/mol. The maximum Gasteiger partial charge on any atom is 0.338 e. The predicted molar refractivity (Wildman–Crippen MR) is 111 cm³/mol. The number of hydrogen-bond donors (Lipinski definition) is 0. The van der Waals surface area contributed by atoms with E-state index in [1.165, 1.54) is 0 Å². The van der Waals surface area contributed by atoms with Gasteiger partial charge in [0.25, 0.3) is 0 Å². The van der Waals surface area contributed by atoms with Gasteiger partial charge in [-0.1, -0.05) is 54.6 Å². The topological polar surface area (TPSA) is 69.7 Å².